The van der Waals surface area contributed by atoms with Gasteiger partial charge < -0.3 is 34.0 Å². The van der Waals surface area contributed by atoms with E-state index in [4.69, 9.17) is 23.4 Å². The Labute approximate surface area is 230 Å². The lowest BCUT2D eigenvalue weighted by Gasteiger charge is -2.11. The Balaban J connectivity index is 1.47. The Bertz CT molecular complexity index is 1410. The zero-order chi connectivity index (χ0) is 28.2. The number of carbonyl (C=O) groups excluding carboxylic acids is 1. The molecule has 0 saturated heterocycles. The van der Waals surface area contributed by atoms with E-state index in [0.717, 1.165) is 17.2 Å². The molecule has 3 N–H and O–H groups in total. The summed E-state index contributed by atoms with van der Waals surface area (Å²) in [6.07, 6.45) is 3.16. The number of anilines is 4. The molecule has 0 aliphatic carbocycles. The molecule has 0 aliphatic heterocycles. The number of carbonyl (C=O) groups is 1. The minimum atomic E-state index is -0.462. The molecule has 2 aromatic heterocycles. The second kappa shape index (κ2) is 14.0. The molecule has 13 heteroatoms. The maximum atomic E-state index is 11.6. The molecule has 0 radical (unpaired) electrons. The fourth-order valence-corrected chi connectivity index (χ4v) is 3.33. The van der Waals surface area contributed by atoms with Crippen LogP contribution < -0.4 is 30.3 Å². The lowest BCUT2D eigenvalue weighted by Crippen LogP contribution is -2.14. The van der Waals surface area contributed by atoms with E-state index in [0.29, 0.717) is 35.5 Å². The number of nitrogens with one attached hydrogen (secondary N) is 3. The molecule has 0 aliphatic rings. The topological polar surface area (TPSA) is 154 Å². The number of methoxy groups -OCH3 is 2. The first-order valence-corrected chi connectivity index (χ1v) is 12.2. The summed E-state index contributed by atoms with van der Waals surface area (Å²) in [5, 5.41) is 10.5. The number of ether oxygens (including phenoxy) is 4. The van der Waals surface area contributed by atoms with Crippen LogP contribution in [0.4, 0.5) is 23.5 Å². The molecule has 2 heterocycles. The van der Waals surface area contributed by atoms with Crippen LogP contribution in [0.3, 0.4) is 0 Å². The molecular formula is C27H29N7O6. The van der Waals surface area contributed by atoms with E-state index in [1.807, 2.05) is 30.3 Å². The van der Waals surface area contributed by atoms with Gasteiger partial charge in [0.25, 0.3) is 0 Å². The summed E-state index contributed by atoms with van der Waals surface area (Å²) in [6.45, 7) is 2.17. The molecule has 0 spiro atoms. The summed E-state index contributed by atoms with van der Waals surface area (Å²) in [7, 11) is 3.11. The first-order chi connectivity index (χ1) is 19.6. The van der Waals surface area contributed by atoms with Gasteiger partial charge in [-0.2, -0.15) is 20.1 Å². The van der Waals surface area contributed by atoms with Crippen molar-refractivity contribution in [2.75, 3.05) is 43.5 Å². The highest BCUT2D eigenvalue weighted by atomic mass is 16.6. The van der Waals surface area contributed by atoms with Crippen molar-refractivity contribution in [1.29, 1.82) is 0 Å². The van der Waals surface area contributed by atoms with Gasteiger partial charge in [0, 0.05) is 5.69 Å². The molecule has 4 rings (SSSR count). The average molecular weight is 548 g/mol. The second-order valence-corrected chi connectivity index (χ2v) is 7.97. The van der Waals surface area contributed by atoms with Crippen molar-refractivity contribution in [2.24, 2.45) is 5.10 Å². The van der Waals surface area contributed by atoms with E-state index in [9.17, 15) is 4.79 Å². The molecular weight excluding hydrogens is 518 g/mol. The maximum Gasteiger partial charge on any atom is 0.344 e. The molecule has 0 bridgehead atoms. The number of benzene rings is 2. The van der Waals surface area contributed by atoms with Crippen LogP contribution in [0.2, 0.25) is 0 Å². The summed E-state index contributed by atoms with van der Waals surface area (Å²) in [4.78, 5) is 24.8. The van der Waals surface area contributed by atoms with E-state index in [1.54, 1.807) is 50.8 Å². The van der Waals surface area contributed by atoms with Crippen LogP contribution in [-0.2, 0) is 16.1 Å². The Hall–Kier alpha value is -5.33. The fraction of sp³-hybridized carbons (Fsp3) is 0.222. The van der Waals surface area contributed by atoms with E-state index >= 15 is 0 Å². The third kappa shape index (κ3) is 8.08. The van der Waals surface area contributed by atoms with Crippen LogP contribution in [0.1, 0.15) is 18.2 Å². The normalized spacial score (nSPS) is 10.7. The highest BCUT2D eigenvalue weighted by Gasteiger charge is 2.10. The van der Waals surface area contributed by atoms with Crippen molar-refractivity contribution in [3.05, 3.63) is 72.2 Å². The number of rotatable bonds is 14. The summed E-state index contributed by atoms with van der Waals surface area (Å²) in [5.74, 6) is 2.63. The lowest BCUT2D eigenvalue weighted by molar-refractivity contribution is -0.145. The van der Waals surface area contributed by atoms with Gasteiger partial charge in [0.1, 0.15) is 11.5 Å². The summed E-state index contributed by atoms with van der Waals surface area (Å²) < 4.78 is 26.3. The Morgan fingerprint density at radius 2 is 1.77 bits per heavy atom. The number of nitrogens with zero attached hydrogens (tertiary/aromatic N) is 4. The van der Waals surface area contributed by atoms with Gasteiger partial charge in [-0.15, -0.1) is 0 Å². The van der Waals surface area contributed by atoms with Crippen LogP contribution in [0.25, 0.3) is 0 Å². The van der Waals surface area contributed by atoms with Gasteiger partial charge in [0.2, 0.25) is 17.8 Å². The molecule has 0 unspecified atom stereocenters. The predicted octanol–water partition coefficient (Wildman–Crippen LogP) is 4.23. The fourth-order valence-electron chi connectivity index (χ4n) is 3.33. The van der Waals surface area contributed by atoms with Gasteiger partial charge in [0.05, 0.1) is 39.8 Å². The SMILES string of the molecule is CCOC(=O)COc1ccc(/C=N/Nc2nc(NCc3ccco3)nc(Nc3ccc(OC)cc3)n2)cc1OC. The van der Waals surface area contributed by atoms with Crippen LogP contribution in [0.15, 0.2) is 70.4 Å². The average Bonchev–Trinajstić information content (AvgIpc) is 3.50. The smallest absolute Gasteiger partial charge is 0.344 e. The standard InChI is InChI=1S/C27H29N7O6/c1-4-38-24(35)17-40-22-12-7-18(14-23(22)37-3)15-29-34-27-32-25(28-16-21-6-5-13-39-21)31-26(33-27)30-19-8-10-20(36-2)11-9-19/h5-15H,4,16-17H2,1-3H3,(H3,28,30,31,32,33,34)/b29-15+. The minimum absolute atomic E-state index is 0.200. The molecule has 0 saturated carbocycles. The number of esters is 1. The molecule has 40 heavy (non-hydrogen) atoms. The van der Waals surface area contributed by atoms with Crippen molar-refractivity contribution in [2.45, 2.75) is 13.5 Å². The number of hydrazone groups is 1. The summed E-state index contributed by atoms with van der Waals surface area (Å²) in [5.41, 5.74) is 4.29. The van der Waals surface area contributed by atoms with Crippen LogP contribution in [-0.4, -0.2) is 54.6 Å². The van der Waals surface area contributed by atoms with Gasteiger partial charge in [0.15, 0.2) is 18.1 Å². The van der Waals surface area contributed by atoms with Gasteiger partial charge in [-0.3, -0.25) is 0 Å². The van der Waals surface area contributed by atoms with Crippen molar-refractivity contribution < 1.29 is 28.2 Å². The van der Waals surface area contributed by atoms with E-state index in [-0.39, 0.29) is 19.2 Å². The zero-order valence-electron chi connectivity index (χ0n) is 22.2. The van der Waals surface area contributed by atoms with Crippen molar-refractivity contribution in [3.8, 4) is 17.2 Å². The van der Waals surface area contributed by atoms with Crippen molar-refractivity contribution in [3.63, 3.8) is 0 Å². The van der Waals surface area contributed by atoms with Gasteiger partial charge in [-0.05, 0) is 67.1 Å². The van der Waals surface area contributed by atoms with Gasteiger partial charge in [-0.1, -0.05) is 0 Å². The van der Waals surface area contributed by atoms with Crippen LogP contribution in [0, 0.1) is 0 Å². The number of hydrogen-bond donors (Lipinski definition) is 3. The van der Waals surface area contributed by atoms with E-state index < -0.39 is 5.97 Å². The predicted molar refractivity (Wildman–Crippen MR) is 148 cm³/mol. The highest BCUT2D eigenvalue weighted by Crippen LogP contribution is 2.27. The molecule has 0 atom stereocenters. The molecule has 13 nitrogen and oxygen atoms in total. The van der Waals surface area contributed by atoms with E-state index in [2.05, 4.69) is 36.1 Å². The monoisotopic (exact) mass is 547 g/mol. The van der Waals surface area contributed by atoms with Crippen molar-refractivity contribution in [1.82, 2.24) is 15.0 Å². The maximum absolute atomic E-state index is 11.6. The van der Waals surface area contributed by atoms with Gasteiger partial charge in [-0.25, -0.2) is 10.2 Å². The van der Waals surface area contributed by atoms with Crippen LogP contribution >= 0.6 is 0 Å². The Kier molecular flexibility index (Phi) is 9.69. The third-order valence-electron chi connectivity index (χ3n) is 5.20. The number of aromatic nitrogens is 3. The Morgan fingerprint density at radius 1 is 0.975 bits per heavy atom. The lowest BCUT2D eigenvalue weighted by atomic mass is 10.2. The van der Waals surface area contributed by atoms with Crippen molar-refractivity contribution >= 4 is 35.7 Å². The largest absolute Gasteiger partial charge is 0.497 e. The molecule has 0 fully saturated rings. The molecule has 4 aromatic rings. The quantitative estimate of drug-likeness (QED) is 0.118. The summed E-state index contributed by atoms with van der Waals surface area (Å²) >= 11 is 0. The Morgan fingerprint density at radius 3 is 2.50 bits per heavy atom. The first kappa shape index (κ1) is 27.7. The van der Waals surface area contributed by atoms with Gasteiger partial charge >= 0.3 is 5.97 Å². The minimum Gasteiger partial charge on any atom is -0.497 e. The first-order valence-electron chi connectivity index (χ1n) is 12.2. The highest BCUT2D eigenvalue weighted by molar-refractivity contribution is 5.81. The summed E-state index contributed by atoms with van der Waals surface area (Å²) in [6, 6.07) is 16.1. The van der Waals surface area contributed by atoms with E-state index in [1.165, 1.54) is 7.11 Å². The molecule has 0 amide bonds. The molecule has 208 valence electrons. The molecule has 2 aromatic carbocycles. The third-order valence-corrected chi connectivity index (χ3v) is 5.20. The number of hydrogen-bond acceptors (Lipinski definition) is 13. The van der Waals surface area contributed by atoms with Crippen LogP contribution in [0.5, 0.6) is 17.2 Å². The second-order valence-electron chi connectivity index (χ2n) is 7.97. The zero-order valence-corrected chi connectivity index (χ0v) is 22.2. The number of furan rings is 1.